The average Bonchev–Trinajstić information content (AvgIpc) is 3.23. The number of hydrogen-bond acceptors (Lipinski definition) is 2. The number of imidazole rings is 1. The second-order valence-electron chi connectivity index (χ2n) is 8.32. The molecule has 0 saturated carbocycles. The number of benzene rings is 4. The largest absolute Gasteiger partial charge is 0.349 e. The van der Waals surface area contributed by atoms with Crippen LogP contribution >= 0.6 is 23.2 Å². The van der Waals surface area contributed by atoms with Crippen LogP contribution < -0.4 is 5.32 Å². The summed E-state index contributed by atoms with van der Waals surface area (Å²) in [6.07, 6.45) is 0.297. The molecule has 0 fully saturated rings. The number of amides is 1. The molecule has 4 aromatic carbocycles. The van der Waals surface area contributed by atoms with Gasteiger partial charge in [-0.25, -0.2) is 4.98 Å². The number of carbonyl (C=O) groups is 1. The fourth-order valence-electron chi connectivity index (χ4n) is 4.15. The van der Waals surface area contributed by atoms with Gasteiger partial charge >= 0.3 is 0 Å². The van der Waals surface area contributed by atoms with E-state index in [9.17, 15) is 4.79 Å². The van der Waals surface area contributed by atoms with Crippen molar-refractivity contribution in [1.82, 2.24) is 14.9 Å². The quantitative estimate of drug-likeness (QED) is 0.264. The Labute approximate surface area is 214 Å². The molecule has 35 heavy (non-hydrogen) atoms. The number of fused-ring (bicyclic) bond motifs is 1. The third-order valence-electron chi connectivity index (χ3n) is 5.98. The zero-order valence-electron chi connectivity index (χ0n) is 18.9. The van der Waals surface area contributed by atoms with Crippen molar-refractivity contribution in [3.63, 3.8) is 0 Å². The molecular weight excluding hydrogens is 477 g/mol. The number of aromatic nitrogens is 2. The Morgan fingerprint density at radius 1 is 0.771 bits per heavy atom. The lowest BCUT2D eigenvalue weighted by Gasteiger charge is -2.13. The molecule has 0 radical (unpaired) electrons. The predicted octanol–water partition coefficient (Wildman–Crippen LogP) is 6.92. The van der Waals surface area contributed by atoms with Crippen molar-refractivity contribution in [3.05, 3.63) is 124 Å². The van der Waals surface area contributed by atoms with E-state index in [2.05, 4.69) is 22.0 Å². The van der Waals surface area contributed by atoms with Gasteiger partial charge < -0.3 is 9.88 Å². The SMILES string of the molecule is O=C(Cc1ccc(-c2ccccc2)cc1)NCc1nc2ccccc2n1Cc1c(Cl)cccc1Cl. The minimum absolute atomic E-state index is 0.0631. The third-order valence-corrected chi connectivity index (χ3v) is 6.69. The average molecular weight is 500 g/mol. The summed E-state index contributed by atoms with van der Waals surface area (Å²) in [7, 11) is 0. The normalized spacial score (nSPS) is 11.0. The van der Waals surface area contributed by atoms with Gasteiger partial charge in [0.05, 0.1) is 30.5 Å². The van der Waals surface area contributed by atoms with Gasteiger partial charge in [0.1, 0.15) is 5.82 Å². The summed E-state index contributed by atoms with van der Waals surface area (Å²) < 4.78 is 2.05. The van der Waals surface area contributed by atoms with Gasteiger partial charge in [-0.1, -0.05) is 96.0 Å². The number of rotatable bonds is 7. The van der Waals surface area contributed by atoms with E-state index in [4.69, 9.17) is 28.2 Å². The maximum Gasteiger partial charge on any atom is 0.224 e. The van der Waals surface area contributed by atoms with Crippen LogP contribution in [0.5, 0.6) is 0 Å². The van der Waals surface area contributed by atoms with Crippen molar-refractivity contribution in [1.29, 1.82) is 0 Å². The molecule has 0 saturated heterocycles. The lowest BCUT2D eigenvalue weighted by molar-refractivity contribution is -0.120. The second kappa shape index (κ2) is 10.3. The molecule has 4 nitrogen and oxygen atoms in total. The van der Waals surface area contributed by atoms with Crippen LogP contribution in [0, 0.1) is 0 Å². The van der Waals surface area contributed by atoms with Crippen LogP contribution in [0.1, 0.15) is 17.0 Å². The fourth-order valence-corrected chi connectivity index (χ4v) is 4.67. The lowest BCUT2D eigenvalue weighted by atomic mass is 10.0. The highest BCUT2D eigenvalue weighted by Crippen LogP contribution is 2.27. The molecule has 1 amide bonds. The van der Waals surface area contributed by atoms with E-state index in [0.717, 1.165) is 39.1 Å². The highest BCUT2D eigenvalue weighted by Gasteiger charge is 2.15. The van der Waals surface area contributed by atoms with Crippen LogP contribution in [0.2, 0.25) is 10.0 Å². The summed E-state index contributed by atoms with van der Waals surface area (Å²) >= 11 is 12.9. The van der Waals surface area contributed by atoms with E-state index in [0.29, 0.717) is 29.6 Å². The Kier molecular flexibility index (Phi) is 6.84. The molecule has 0 aliphatic heterocycles. The summed E-state index contributed by atoms with van der Waals surface area (Å²) in [5.41, 5.74) is 5.88. The topological polar surface area (TPSA) is 46.9 Å². The maximum absolute atomic E-state index is 12.7. The Morgan fingerprint density at radius 2 is 1.43 bits per heavy atom. The van der Waals surface area contributed by atoms with E-state index < -0.39 is 0 Å². The van der Waals surface area contributed by atoms with Crippen LogP contribution in [0.4, 0.5) is 0 Å². The number of hydrogen-bond donors (Lipinski definition) is 1. The number of nitrogens with one attached hydrogen (secondary N) is 1. The molecule has 1 N–H and O–H groups in total. The number of halogens is 2. The first kappa shape index (κ1) is 23.2. The number of nitrogens with zero attached hydrogens (tertiary/aromatic N) is 2. The van der Waals surface area contributed by atoms with Crippen LogP contribution in [0.15, 0.2) is 97.1 Å². The molecule has 1 aromatic heterocycles. The molecule has 174 valence electrons. The molecule has 6 heteroatoms. The number of para-hydroxylation sites is 2. The van der Waals surface area contributed by atoms with Gasteiger partial charge in [-0.3, -0.25) is 4.79 Å². The molecular formula is C29H23Cl2N3O. The van der Waals surface area contributed by atoms with Gasteiger partial charge in [-0.05, 0) is 41.0 Å². The zero-order chi connectivity index (χ0) is 24.2. The van der Waals surface area contributed by atoms with Gasteiger partial charge in [0.15, 0.2) is 0 Å². The fraction of sp³-hybridized carbons (Fsp3) is 0.103. The highest BCUT2D eigenvalue weighted by atomic mass is 35.5. The summed E-state index contributed by atoms with van der Waals surface area (Å²) in [6, 6.07) is 31.6. The third kappa shape index (κ3) is 5.24. The van der Waals surface area contributed by atoms with Crippen molar-refractivity contribution in [2.45, 2.75) is 19.5 Å². The van der Waals surface area contributed by atoms with Crippen LogP contribution in [0.3, 0.4) is 0 Å². The molecule has 0 bridgehead atoms. The van der Waals surface area contributed by atoms with Gasteiger partial charge in [-0.2, -0.15) is 0 Å². The Morgan fingerprint density at radius 3 is 2.17 bits per heavy atom. The van der Waals surface area contributed by atoms with E-state index in [1.807, 2.05) is 84.9 Å². The smallest absolute Gasteiger partial charge is 0.224 e. The minimum Gasteiger partial charge on any atom is -0.349 e. The Balaban J connectivity index is 1.31. The molecule has 0 atom stereocenters. The zero-order valence-corrected chi connectivity index (χ0v) is 20.4. The second-order valence-corrected chi connectivity index (χ2v) is 9.13. The maximum atomic E-state index is 12.7. The summed E-state index contributed by atoms with van der Waals surface area (Å²) in [6.45, 7) is 0.767. The van der Waals surface area contributed by atoms with Gasteiger partial charge in [-0.15, -0.1) is 0 Å². The molecule has 0 aliphatic carbocycles. The van der Waals surface area contributed by atoms with E-state index >= 15 is 0 Å². The van der Waals surface area contributed by atoms with E-state index in [1.165, 1.54) is 0 Å². The Bertz CT molecular complexity index is 1460. The Hall–Kier alpha value is -3.60. The molecule has 5 aromatic rings. The molecule has 5 rings (SSSR count). The van der Waals surface area contributed by atoms with Crippen LogP contribution in [-0.4, -0.2) is 15.5 Å². The predicted molar refractivity (Wildman–Crippen MR) is 143 cm³/mol. The minimum atomic E-state index is -0.0631. The lowest BCUT2D eigenvalue weighted by Crippen LogP contribution is -2.26. The standard InChI is InChI=1S/C29H23Cl2N3O/c30-24-9-6-10-25(31)23(24)19-34-27-12-5-4-11-26(27)33-28(34)18-32-29(35)17-20-13-15-22(16-14-20)21-7-2-1-3-8-21/h1-16H,17-19H2,(H,32,35). The van der Waals surface area contributed by atoms with Crippen molar-refractivity contribution >= 4 is 40.1 Å². The summed E-state index contributed by atoms with van der Waals surface area (Å²) in [5, 5.41) is 4.22. The van der Waals surface area contributed by atoms with Gasteiger partial charge in [0.25, 0.3) is 0 Å². The summed E-state index contributed by atoms with van der Waals surface area (Å²) in [4.78, 5) is 17.5. The highest BCUT2D eigenvalue weighted by molar-refractivity contribution is 6.36. The van der Waals surface area contributed by atoms with Gasteiger partial charge in [0, 0.05) is 15.6 Å². The first-order chi connectivity index (χ1) is 17.1. The first-order valence-corrected chi connectivity index (χ1v) is 12.1. The van der Waals surface area contributed by atoms with Crippen LogP contribution in [-0.2, 0) is 24.3 Å². The molecule has 1 heterocycles. The van der Waals surface area contributed by atoms with Crippen molar-refractivity contribution in [2.75, 3.05) is 0 Å². The van der Waals surface area contributed by atoms with Gasteiger partial charge in [0.2, 0.25) is 5.91 Å². The summed E-state index contributed by atoms with van der Waals surface area (Å²) in [5.74, 6) is 0.682. The van der Waals surface area contributed by atoms with E-state index in [-0.39, 0.29) is 5.91 Å². The van der Waals surface area contributed by atoms with E-state index in [1.54, 1.807) is 0 Å². The molecule has 0 unspecified atom stereocenters. The number of carbonyl (C=O) groups excluding carboxylic acids is 1. The van der Waals surface area contributed by atoms with Crippen molar-refractivity contribution in [3.8, 4) is 11.1 Å². The monoisotopic (exact) mass is 499 g/mol. The first-order valence-electron chi connectivity index (χ1n) is 11.4. The van der Waals surface area contributed by atoms with Crippen molar-refractivity contribution in [2.24, 2.45) is 0 Å². The molecule has 0 spiro atoms. The molecule has 0 aliphatic rings. The van der Waals surface area contributed by atoms with Crippen molar-refractivity contribution < 1.29 is 4.79 Å². The van der Waals surface area contributed by atoms with Crippen LogP contribution in [0.25, 0.3) is 22.2 Å².